The Hall–Kier alpha value is -3.15. The highest BCUT2D eigenvalue weighted by Crippen LogP contribution is 2.16. The van der Waals surface area contributed by atoms with Crippen molar-refractivity contribution in [1.82, 2.24) is 4.90 Å². The minimum Gasteiger partial charge on any atom is -0.459 e. The van der Waals surface area contributed by atoms with Crippen LogP contribution < -0.4 is 5.32 Å². The third-order valence-electron chi connectivity index (χ3n) is 6.32. The molecule has 0 spiro atoms. The number of carbonyl (C=O) groups is 3. The summed E-state index contributed by atoms with van der Waals surface area (Å²) in [5.74, 6) is -1.50. The van der Waals surface area contributed by atoms with Gasteiger partial charge < -0.3 is 15.0 Å². The molecule has 0 heterocycles. The van der Waals surface area contributed by atoms with Gasteiger partial charge >= 0.3 is 11.9 Å². The van der Waals surface area contributed by atoms with E-state index in [1.165, 1.54) is 56.3 Å². The fourth-order valence-electron chi connectivity index (χ4n) is 4.24. The van der Waals surface area contributed by atoms with Gasteiger partial charge in [-0.1, -0.05) is 107 Å². The Balaban J connectivity index is 1.77. The van der Waals surface area contributed by atoms with Gasteiger partial charge in [0.15, 0.2) is 0 Å². The van der Waals surface area contributed by atoms with E-state index in [9.17, 15) is 14.4 Å². The maximum absolute atomic E-state index is 12.7. The molecule has 0 saturated heterocycles. The molecule has 6 nitrogen and oxygen atoms in total. The molecule has 6 heteroatoms. The molecular weight excluding hydrogens is 464 g/mol. The van der Waals surface area contributed by atoms with Crippen molar-refractivity contribution < 1.29 is 19.1 Å². The molecular formula is C31H44N2O4. The molecule has 0 aliphatic carbocycles. The zero-order chi connectivity index (χ0) is 26.7. The van der Waals surface area contributed by atoms with Gasteiger partial charge in [-0.15, -0.1) is 0 Å². The lowest BCUT2D eigenvalue weighted by atomic mass is 10.1. The summed E-state index contributed by atoms with van der Waals surface area (Å²) in [7, 11) is 0. The summed E-state index contributed by atoms with van der Waals surface area (Å²) in [5.41, 5.74) is 2.52. The number of esters is 1. The molecule has 0 saturated carbocycles. The molecule has 0 aromatic heterocycles. The van der Waals surface area contributed by atoms with Crippen LogP contribution in [0.4, 0.5) is 5.69 Å². The summed E-state index contributed by atoms with van der Waals surface area (Å²) >= 11 is 0. The number of amides is 2. The van der Waals surface area contributed by atoms with Gasteiger partial charge in [-0.2, -0.15) is 0 Å². The van der Waals surface area contributed by atoms with Crippen LogP contribution in [0.1, 0.15) is 95.6 Å². The zero-order valence-corrected chi connectivity index (χ0v) is 22.7. The van der Waals surface area contributed by atoms with E-state index in [0.717, 1.165) is 29.7 Å². The Morgan fingerprint density at radius 3 is 1.81 bits per heavy atom. The molecule has 0 aliphatic rings. The number of benzene rings is 2. The van der Waals surface area contributed by atoms with Crippen LogP contribution in [-0.2, 0) is 32.2 Å². The molecule has 1 N–H and O–H groups in total. The van der Waals surface area contributed by atoms with Crippen molar-refractivity contribution in [3.8, 4) is 0 Å². The molecule has 0 unspecified atom stereocenters. The summed E-state index contributed by atoms with van der Waals surface area (Å²) < 4.78 is 4.92. The maximum Gasteiger partial charge on any atom is 0.397 e. The van der Waals surface area contributed by atoms with Crippen molar-refractivity contribution >= 4 is 23.5 Å². The number of rotatable bonds is 17. The fourth-order valence-corrected chi connectivity index (χ4v) is 4.24. The standard InChI is InChI=1S/C31H44N2O4/c1-3-5-6-7-8-9-10-11-12-16-19-29(34)32-28-22-20-27(21-23-28)25-33(30(35)31(36)37-4-2)24-26-17-14-13-15-18-26/h13-15,17-18,20-23H,3-12,16,19,24-25H2,1-2H3,(H,32,34). The molecule has 2 aromatic carbocycles. The lowest BCUT2D eigenvalue weighted by Gasteiger charge is -2.22. The minimum absolute atomic E-state index is 0.0236. The van der Waals surface area contributed by atoms with E-state index in [-0.39, 0.29) is 19.1 Å². The van der Waals surface area contributed by atoms with Gasteiger partial charge in [-0.3, -0.25) is 9.59 Å². The maximum atomic E-state index is 12.7. The van der Waals surface area contributed by atoms with Crippen LogP contribution in [0.2, 0.25) is 0 Å². The molecule has 0 aliphatic heterocycles. The number of hydrogen-bond acceptors (Lipinski definition) is 4. The summed E-state index contributed by atoms with van der Waals surface area (Å²) in [6.07, 6.45) is 13.0. The second-order valence-electron chi connectivity index (χ2n) is 9.54. The lowest BCUT2D eigenvalue weighted by molar-refractivity contribution is -0.160. The summed E-state index contributed by atoms with van der Waals surface area (Å²) in [5, 5.41) is 2.96. The molecule has 0 fully saturated rings. The van der Waals surface area contributed by atoms with E-state index in [0.29, 0.717) is 13.0 Å². The van der Waals surface area contributed by atoms with Crippen molar-refractivity contribution in [1.29, 1.82) is 0 Å². The smallest absolute Gasteiger partial charge is 0.397 e. The van der Waals surface area contributed by atoms with Gasteiger partial charge in [0, 0.05) is 25.2 Å². The van der Waals surface area contributed by atoms with Crippen LogP contribution in [-0.4, -0.2) is 29.3 Å². The Morgan fingerprint density at radius 1 is 0.703 bits per heavy atom. The van der Waals surface area contributed by atoms with Crippen LogP contribution in [0.3, 0.4) is 0 Å². The van der Waals surface area contributed by atoms with Crippen molar-refractivity contribution in [2.75, 3.05) is 11.9 Å². The first-order chi connectivity index (χ1) is 18.0. The van der Waals surface area contributed by atoms with Crippen molar-refractivity contribution in [2.24, 2.45) is 0 Å². The van der Waals surface area contributed by atoms with Crippen LogP contribution in [0.15, 0.2) is 54.6 Å². The summed E-state index contributed by atoms with van der Waals surface area (Å²) in [6, 6.07) is 16.9. The Labute approximate surface area is 222 Å². The van der Waals surface area contributed by atoms with E-state index >= 15 is 0 Å². The molecule has 202 valence electrons. The van der Waals surface area contributed by atoms with Crippen molar-refractivity contribution in [2.45, 2.75) is 97.6 Å². The first kappa shape index (κ1) is 30.1. The predicted octanol–water partition coefficient (Wildman–Crippen LogP) is 7.03. The molecule has 2 aromatic rings. The Bertz CT molecular complexity index is 928. The minimum atomic E-state index is -0.853. The van der Waals surface area contributed by atoms with Crippen LogP contribution in [0, 0.1) is 0 Å². The van der Waals surface area contributed by atoms with Crippen LogP contribution >= 0.6 is 0 Å². The molecule has 0 radical (unpaired) electrons. The highest BCUT2D eigenvalue weighted by atomic mass is 16.5. The van der Waals surface area contributed by atoms with Gasteiger partial charge in [0.2, 0.25) is 5.91 Å². The van der Waals surface area contributed by atoms with Crippen LogP contribution in [0.5, 0.6) is 0 Å². The average molecular weight is 509 g/mol. The predicted molar refractivity (Wildman–Crippen MR) is 149 cm³/mol. The molecule has 0 atom stereocenters. The average Bonchev–Trinajstić information content (AvgIpc) is 2.90. The van der Waals surface area contributed by atoms with E-state index in [4.69, 9.17) is 4.74 Å². The number of carbonyl (C=O) groups excluding carboxylic acids is 3. The van der Waals surface area contributed by atoms with Gasteiger partial charge in [-0.05, 0) is 36.6 Å². The fraction of sp³-hybridized carbons (Fsp3) is 0.516. The highest BCUT2D eigenvalue weighted by molar-refractivity contribution is 6.32. The quantitative estimate of drug-likeness (QED) is 0.141. The lowest BCUT2D eigenvalue weighted by Crippen LogP contribution is -2.36. The number of ether oxygens (including phenoxy) is 1. The van der Waals surface area contributed by atoms with Gasteiger partial charge in [-0.25, -0.2) is 4.79 Å². The second-order valence-corrected chi connectivity index (χ2v) is 9.54. The Morgan fingerprint density at radius 2 is 1.24 bits per heavy atom. The van der Waals surface area contributed by atoms with E-state index in [1.807, 2.05) is 54.6 Å². The van der Waals surface area contributed by atoms with E-state index < -0.39 is 11.9 Å². The van der Waals surface area contributed by atoms with Crippen LogP contribution in [0.25, 0.3) is 0 Å². The number of hydrogen-bond donors (Lipinski definition) is 1. The topological polar surface area (TPSA) is 75.7 Å². The molecule has 2 amide bonds. The Kier molecular flexibility index (Phi) is 14.8. The van der Waals surface area contributed by atoms with Gasteiger partial charge in [0.1, 0.15) is 0 Å². The molecule has 0 bridgehead atoms. The number of anilines is 1. The highest BCUT2D eigenvalue weighted by Gasteiger charge is 2.23. The summed E-state index contributed by atoms with van der Waals surface area (Å²) in [4.78, 5) is 38.6. The number of unbranched alkanes of at least 4 members (excludes halogenated alkanes) is 9. The van der Waals surface area contributed by atoms with E-state index in [1.54, 1.807) is 6.92 Å². The largest absolute Gasteiger partial charge is 0.459 e. The number of nitrogens with one attached hydrogen (secondary N) is 1. The normalized spacial score (nSPS) is 10.6. The summed E-state index contributed by atoms with van der Waals surface area (Å²) in [6.45, 7) is 4.63. The van der Waals surface area contributed by atoms with Crippen molar-refractivity contribution in [3.63, 3.8) is 0 Å². The first-order valence-corrected chi connectivity index (χ1v) is 13.9. The first-order valence-electron chi connectivity index (χ1n) is 13.9. The van der Waals surface area contributed by atoms with Gasteiger partial charge in [0.05, 0.1) is 6.61 Å². The molecule has 37 heavy (non-hydrogen) atoms. The van der Waals surface area contributed by atoms with E-state index in [2.05, 4.69) is 12.2 Å². The zero-order valence-electron chi connectivity index (χ0n) is 22.7. The second kappa shape index (κ2) is 18.1. The monoisotopic (exact) mass is 508 g/mol. The third-order valence-corrected chi connectivity index (χ3v) is 6.32. The number of nitrogens with zero attached hydrogens (tertiary/aromatic N) is 1. The SMILES string of the molecule is CCCCCCCCCCCCC(=O)Nc1ccc(CN(Cc2ccccc2)C(=O)C(=O)OCC)cc1. The third kappa shape index (κ3) is 12.6. The van der Waals surface area contributed by atoms with Gasteiger partial charge in [0.25, 0.3) is 0 Å². The van der Waals surface area contributed by atoms with Crippen molar-refractivity contribution in [3.05, 3.63) is 65.7 Å². The molecule has 2 rings (SSSR count).